The summed E-state index contributed by atoms with van der Waals surface area (Å²) < 4.78 is 0. The van der Waals surface area contributed by atoms with Crippen LogP contribution in [0.4, 0.5) is 0 Å². The lowest BCUT2D eigenvalue weighted by Gasteiger charge is -2.42. The molecule has 1 aliphatic carbocycles. The van der Waals surface area contributed by atoms with Gasteiger partial charge in [0.05, 0.1) is 0 Å². The van der Waals surface area contributed by atoms with Crippen molar-refractivity contribution in [2.24, 2.45) is 17.3 Å². The molecule has 20 heavy (non-hydrogen) atoms. The molecule has 1 aliphatic rings. The van der Waals surface area contributed by atoms with Crippen molar-refractivity contribution in [3.63, 3.8) is 0 Å². The van der Waals surface area contributed by atoms with Crippen LogP contribution in [0, 0.1) is 17.3 Å². The maximum Gasteiger partial charge on any atom is 0.00954 e. The number of unbranched alkanes of at least 4 members (excludes halogenated alkanes) is 4. The molecule has 0 bridgehead atoms. The molecule has 0 radical (unpaired) electrons. The van der Waals surface area contributed by atoms with Gasteiger partial charge >= 0.3 is 0 Å². The number of nitrogens with one attached hydrogen (secondary N) is 1. The summed E-state index contributed by atoms with van der Waals surface area (Å²) in [6, 6.07) is 0.796. The smallest absolute Gasteiger partial charge is 0.00954 e. The molecule has 0 aromatic carbocycles. The van der Waals surface area contributed by atoms with Crippen LogP contribution in [0.2, 0.25) is 0 Å². The zero-order valence-corrected chi connectivity index (χ0v) is 14.8. The van der Waals surface area contributed by atoms with Gasteiger partial charge in [-0.1, -0.05) is 66.7 Å². The Morgan fingerprint density at radius 3 is 2.25 bits per heavy atom. The number of rotatable bonds is 8. The van der Waals surface area contributed by atoms with Crippen LogP contribution in [-0.4, -0.2) is 12.6 Å². The quantitative estimate of drug-likeness (QED) is 0.555. The summed E-state index contributed by atoms with van der Waals surface area (Å²) in [4.78, 5) is 0. The van der Waals surface area contributed by atoms with Gasteiger partial charge in [-0.2, -0.15) is 0 Å². The van der Waals surface area contributed by atoms with E-state index in [9.17, 15) is 0 Å². The van der Waals surface area contributed by atoms with Gasteiger partial charge in [-0.3, -0.25) is 0 Å². The lowest BCUT2D eigenvalue weighted by molar-refractivity contribution is 0.108. The van der Waals surface area contributed by atoms with Gasteiger partial charge in [0.15, 0.2) is 0 Å². The highest BCUT2D eigenvalue weighted by Gasteiger charge is 2.34. The Kier molecular flexibility index (Phi) is 8.17. The second-order valence-corrected chi connectivity index (χ2v) is 8.00. The highest BCUT2D eigenvalue weighted by molar-refractivity contribution is 4.88. The Bertz CT molecular complexity index is 241. The van der Waals surface area contributed by atoms with Crippen molar-refractivity contribution < 1.29 is 0 Å². The van der Waals surface area contributed by atoms with Crippen molar-refractivity contribution in [1.82, 2.24) is 5.32 Å². The molecule has 0 amide bonds. The Morgan fingerprint density at radius 1 is 0.950 bits per heavy atom. The first-order valence-electron chi connectivity index (χ1n) is 9.22. The van der Waals surface area contributed by atoms with E-state index in [4.69, 9.17) is 0 Å². The van der Waals surface area contributed by atoms with Crippen LogP contribution in [-0.2, 0) is 0 Å². The van der Waals surface area contributed by atoms with Gasteiger partial charge in [-0.05, 0) is 49.5 Å². The third-order valence-electron chi connectivity index (χ3n) is 5.35. The zero-order chi connectivity index (χ0) is 15.0. The van der Waals surface area contributed by atoms with Crippen molar-refractivity contribution in [2.75, 3.05) is 6.54 Å². The van der Waals surface area contributed by atoms with Crippen LogP contribution in [0.3, 0.4) is 0 Å². The Labute approximate surface area is 128 Å². The van der Waals surface area contributed by atoms with Crippen LogP contribution in [0.5, 0.6) is 0 Å². The second-order valence-electron chi connectivity index (χ2n) is 8.00. The average Bonchev–Trinajstić information content (AvgIpc) is 2.39. The standard InChI is InChI=1S/C19H39N/c1-6-8-9-10-11-12-16-15-17(19(3,4)5)13-14-18(16)20-7-2/h16-18,20H,6-15H2,1-5H3. The normalized spacial score (nSPS) is 27.8. The summed E-state index contributed by atoms with van der Waals surface area (Å²) in [5.41, 5.74) is 0.498. The minimum absolute atomic E-state index is 0.498. The van der Waals surface area contributed by atoms with E-state index in [-0.39, 0.29) is 0 Å². The fraction of sp³-hybridized carbons (Fsp3) is 1.00. The van der Waals surface area contributed by atoms with E-state index in [0.29, 0.717) is 5.41 Å². The highest BCUT2D eigenvalue weighted by atomic mass is 14.9. The summed E-state index contributed by atoms with van der Waals surface area (Å²) in [6.07, 6.45) is 12.8. The number of hydrogen-bond donors (Lipinski definition) is 1. The Balaban J connectivity index is 2.42. The van der Waals surface area contributed by atoms with E-state index < -0.39 is 0 Å². The van der Waals surface area contributed by atoms with E-state index in [2.05, 4.69) is 39.9 Å². The predicted molar refractivity (Wildman–Crippen MR) is 91.1 cm³/mol. The first-order chi connectivity index (χ1) is 9.49. The van der Waals surface area contributed by atoms with E-state index in [0.717, 1.165) is 24.4 Å². The second kappa shape index (κ2) is 9.07. The molecule has 1 rings (SSSR count). The van der Waals surface area contributed by atoms with Crippen molar-refractivity contribution >= 4 is 0 Å². The molecule has 0 aromatic heterocycles. The molecule has 3 atom stereocenters. The fourth-order valence-corrected chi connectivity index (χ4v) is 3.91. The molecular weight excluding hydrogens is 242 g/mol. The molecule has 0 aromatic rings. The first-order valence-corrected chi connectivity index (χ1v) is 9.22. The van der Waals surface area contributed by atoms with Gasteiger partial charge in [-0.15, -0.1) is 0 Å². The molecule has 0 heterocycles. The topological polar surface area (TPSA) is 12.0 Å². The summed E-state index contributed by atoms with van der Waals surface area (Å²) >= 11 is 0. The molecule has 1 saturated carbocycles. The van der Waals surface area contributed by atoms with Crippen molar-refractivity contribution in [3.8, 4) is 0 Å². The number of hydrogen-bond acceptors (Lipinski definition) is 1. The lowest BCUT2D eigenvalue weighted by Crippen LogP contribution is -2.42. The highest BCUT2D eigenvalue weighted by Crippen LogP contribution is 2.41. The van der Waals surface area contributed by atoms with Gasteiger partial charge in [0.1, 0.15) is 0 Å². The lowest BCUT2D eigenvalue weighted by atomic mass is 9.66. The van der Waals surface area contributed by atoms with Crippen LogP contribution >= 0.6 is 0 Å². The SMILES string of the molecule is CCCCCCCC1CC(C(C)(C)C)CCC1NCC. The monoisotopic (exact) mass is 281 g/mol. The van der Waals surface area contributed by atoms with Gasteiger partial charge < -0.3 is 5.32 Å². The molecular formula is C19H39N. The first kappa shape index (κ1) is 18.0. The van der Waals surface area contributed by atoms with Crippen molar-refractivity contribution in [2.45, 2.75) is 98.4 Å². The molecule has 1 N–H and O–H groups in total. The van der Waals surface area contributed by atoms with Gasteiger partial charge in [0, 0.05) is 6.04 Å². The summed E-state index contributed by atoms with van der Waals surface area (Å²) in [6.45, 7) is 13.0. The molecule has 3 unspecified atom stereocenters. The minimum atomic E-state index is 0.498. The van der Waals surface area contributed by atoms with Crippen LogP contribution in [0.15, 0.2) is 0 Å². The molecule has 120 valence electrons. The summed E-state index contributed by atoms with van der Waals surface area (Å²) in [5.74, 6) is 1.85. The molecule has 0 spiro atoms. The van der Waals surface area contributed by atoms with E-state index in [1.807, 2.05) is 0 Å². The molecule has 1 fully saturated rings. The van der Waals surface area contributed by atoms with E-state index in [1.165, 1.54) is 57.8 Å². The molecule has 0 aliphatic heterocycles. The predicted octanol–water partition coefficient (Wildman–Crippen LogP) is 5.79. The third-order valence-corrected chi connectivity index (χ3v) is 5.35. The molecule has 1 heteroatoms. The van der Waals surface area contributed by atoms with E-state index >= 15 is 0 Å². The fourth-order valence-electron chi connectivity index (χ4n) is 3.91. The van der Waals surface area contributed by atoms with Gasteiger partial charge in [0.2, 0.25) is 0 Å². The van der Waals surface area contributed by atoms with Crippen LogP contribution in [0.25, 0.3) is 0 Å². The van der Waals surface area contributed by atoms with Crippen molar-refractivity contribution in [3.05, 3.63) is 0 Å². The summed E-state index contributed by atoms with van der Waals surface area (Å²) in [5, 5.41) is 3.76. The minimum Gasteiger partial charge on any atom is -0.314 e. The van der Waals surface area contributed by atoms with Crippen LogP contribution < -0.4 is 5.32 Å². The molecule has 1 nitrogen and oxygen atoms in total. The van der Waals surface area contributed by atoms with E-state index in [1.54, 1.807) is 0 Å². The van der Waals surface area contributed by atoms with Gasteiger partial charge in [0.25, 0.3) is 0 Å². The summed E-state index contributed by atoms with van der Waals surface area (Å²) in [7, 11) is 0. The zero-order valence-electron chi connectivity index (χ0n) is 14.8. The largest absolute Gasteiger partial charge is 0.314 e. The van der Waals surface area contributed by atoms with Crippen LogP contribution in [0.1, 0.15) is 92.4 Å². The van der Waals surface area contributed by atoms with Crippen molar-refractivity contribution in [1.29, 1.82) is 0 Å². The Morgan fingerprint density at radius 2 is 1.65 bits per heavy atom. The van der Waals surface area contributed by atoms with Gasteiger partial charge in [-0.25, -0.2) is 0 Å². The maximum atomic E-state index is 3.76. The molecule has 0 saturated heterocycles. The Hall–Kier alpha value is -0.0400. The maximum absolute atomic E-state index is 3.76. The third kappa shape index (κ3) is 6.16. The average molecular weight is 282 g/mol.